The molecule has 0 aliphatic carbocycles. The highest BCUT2D eigenvalue weighted by Crippen LogP contribution is 2.35. The number of anilines is 1. The van der Waals surface area contributed by atoms with Gasteiger partial charge in [-0.2, -0.15) is 5.26 Å². The molecule has 3 aromatic rings. The van der Waals surface area contributed by atoms with Crippen molar-refractivity contribution in [2.75, 3.05) is 4.90 Å². The van der Waals surface area contributed by atoms with Crippen molar-refractivity contribution in [3.8, 4) is 17.6 Å². The van der Waals surface area contributed by atoms with Gasteiger partial charge in [0.05, 0.1) is 16.5 Å². The summed E-state index contributed by atoms with van der Waals surface area (Å²) in [4.78, 5) is 31.5. The van der Waals surface area contributed by atoms with Crippen LogP contribution in [0.5, 0.6) is 11.5 Å². The average Bonchev–Trinajstić information content (AvgIpc) is 3.08. The fourth-order valence-corrected chi connectivity index (χ4v) is 4.55. The van der Waals surface area contributed by atoms with Crippen LogP contribution in [-0.2, 0) is 16.0 Å². The molecule has 2 aromatic carbocycles. The summed E-state index contributed by atoms with van der Waals surface area (Å²) in [5, 5.41) is 9.30. The Hall–Kier alpha value is -3.63. The summed E-state index contributed by atoms with van der Waals surface area (Å²) in [6.45, 7) is 2.06. The fraction of sp³-hybridized carbons (Fsp3) is 0.200. The molecule has 1 atom stereocenters. The molecule has 1 fully saturated rings. The maximum atomic E-state index is 13.0. The molecule has 0 saturated carbocycles. The van der Waals surface area contributed by atoms with Gasteiger partial charge in [-0.05, 0) is 55.0 Å². The highest BCUT2D eigenvalue weighted by Gasteiger charge is 2.40. The Balaban J connectivity index is 1.50. The molecule has 1 aliphatic rings. The molecule has 7 heteroatoms. The number of nitrogens with zero attached hydrogens (tertiary/aromatic N) is 3. The van der Waals surface area contributed by atoms with Crippen molar-refractivity contribution in [3.05, 3.63) is 78.0 Å². The minimum atomic E-state index is -0.612. The average molecular weight is 444 g/mol. The lowest BCUT2D eigenvalue weighted by molar-refractivity contribution is -0.121. The van der Waals surface area contributed by atoms with Gasteiger partial charge in [-0.3, -0.25) is 9.59 Å². The monoisotopic (exact) mass is 443 g/mol. The number of carbonyl (C=O) groups excluding carboxylic acids is 2. The number of pyridine rings is 1. The number of imide groups is 1. The van der Waals surface area contributed by atoms with Gasteiger partial charge >= 0.3 is 0 Å². The number of aryl methyl sites for hydroxylation is 1. The van der Waals surface area contributed by atoms with Crippen LogP contribution in [0, 0.1) is 11.3 Å². The quantitative estimate of drug-likeness (QED) is 0.471. The summed E-state index contributed by atoms with van der Waals surface area (Å²) in [5.74, 6) is 0.743. The van der Waals surface area contributed by atoms with Crippen molar-refractivity contribution in [1.82, 2.24) is 4.98 Å². The van der Waals surface area contributed by atoms with E-state index >= 15 is 0 Å². The molecule has 0 bridgehead atoms. The topological polar surface area (TPSA) is 83.3 Å². The Morgan fingerprint density at radius 2 is 1.78 bits per heavy atom. The largest absolute Gasteiger partial charge is 0.457 e. The highest BCUT2D eigenvalue weighted by atomic mass is 32.2. The molecule has 2 amide bonds. The van der Waals surface area contributed by atoms with Crippen LogP contribution in [0.4, 0.5) is 5.69 Å². The zero-order chi connectivity index (χ0) is 22.5. The molecule has 160 valence electrons. The van der Waals surface area contributed by atoms with Crippen molar-refractivity contribution in [2.24, 2.45) is 0 Å². The minimum absolute atomic E-state index is 0.0658. The summed E-state index contributed by atoms with van der Waals surface area (Å²) in [6, 6.07) is 21.9. The van der Waals surface area contributed by atoms with Gasteiger partial charge in [0.25, 0.3) is 0 Å². The molecule has 0 radical (unpaired) electrons. The number of hydrogen-bond acceptors (Lipinski definition) is 6. The van der Waals surface area contributed by atoms with Crippen LogP contribution in [0.3, 0.4) is 0 Å². The second-order valence-electron chi connectivity index (χ2n) is 7.30. The van der Waals surface area contributed by atoms with E-state index in [0.29, 0.717) is 27.8 Å². The van der Waals surface area contributed by atoms with Gasteiger partial charge in [-0.25, -0.2) is 9.88 Å². The maximum absolute atomic E-state index is 13.0. The maximum Gasteiger partial charge on any atom is 0.247 e. The molecule has 0 N–H and O–H groups in total. The van der Waals surface area contributed by atoms with Crippen LogP contribution >= 0.6 is 11.8 Å². The smallest absolute Gasteiger partial charge is 0.247 e. The number of ether oxygens (including phenoxy) is 1. The normalized spacial score (nSPS) is 15.6. The third kappa shape index (κ3) is 4.66. The molecule has 4 rings (SSSR count). The molecule has 1 saturated heterocycles. The summed E-state index contributed by atoms with van der Waals surface area (Å²) in [6.07, 6.45) is 1.79. The number of aromatic nitrogens is 1. The summed E-state index contributed by atoms with van der Waals surface area (Å²) in [5.41, 5.74) is 1.78. The van der Waals surface area contributed by atoms with E-state index in [1.54, 1.807) is 30.3 Å². The number of benzene rings is 2. The molecule has 32 heavy (non-hydrogen) atoms. The van der Waals surface area contributed by atoms with E-state index in [1.165, 1.54) is 16.7 Å². The number of nitriles is 1. The number of para-hydroxylation sites is 1. The van der Waals surface area contributed by atoms with Crippen LogP contribution in [0.1, 0.15) is 31.0 Å². The molecular weight excluding hydrogens is 422 g/mol. The number of amides is 2. The third-order valence-electron chi connectivity index (χ3n) is 4.98. The number of thioether (sulfide) groups is 1. The van der Waals surface area contributed by atoms with Gasteiger partial charge in [-0.1, -0.05) is 43.3 Å². The molecule has 1 unspecified atom stereocenters. The summed E-state index contributed by atoms with van der Waals surface area (Å²) in [7, 11) is 0. The lowest BCUT2D eigenvalue weighted by atomic mass is 10.2. The molecule has 1 aliphatic heterocycles. The lowest BCUT2D eigenvalue weighted by Crippen LogP contribution is -2.31. The first-order valence-electron chi connectivity index (χ1n) is 10.4. The molecule has 6 nitrogen and oxygen atoms in total. The third-order valence-corrected chi connectivity index (χ3v) is 6.16. The second-order valence-corrected chi connectivity index (χ2v) is 8.50. The van der Waals surface area contributed by atoms with E-state index in [2.05, 4.69) is 18.0 Å². The first kappa shape index (κ1) is 21.6. The Morgan fingerprint density at radius 1 is 1.06 bits per heavy atom. The number of hydrogen-bond donors (Lipinski definition) is 0. The lowest BCUT2D eigenvalue weighted by Gasteiger charge is -2.16. The van der Waals surface area contributed by atoms with E-state index in [0.717, 1.165) is 18.5 Å². The number of rotatable bonds is 7. The van der Waals surface area contributed by atoms with Gasteiger partial charge in [-0.15, -0.1) is 0 Å². The van der Waals surface area contributed by atoms with Crippen LogP contribution < -0.4 is 9.64 Å². The minimum Gasteiger partial charge on any atom is -0.457 e. The van der Waals surface area contributed by atoms with Crippen molar-refractivity contribution in [2.45, 2.75) is 36.5 Å². The van der Waals surface area contributed by atoms with Crippen molar-refractivity contribution >= 4 is 29.3 Å². The Kier molecular flexibility index (Phi) is 6.52. The SMILES string of the molecule is CCCc1ccc(C#N)c(SC2CC(=O)N(c3ccc(Oc4ccccc4)cc3)C2=O)n1. The predicted octanol–water partition coefficient (Wildman–Crippen LogP) is 5.12. The van der Waals surface area contributed by atoms with Gasteiger partial charge < -0.3 is 4.74 Å². The van der Waals surface area contributed by atoms with Gasteiger partial charge in [0.2, 0.25) is 11.8 Å². The standard InChI is InChI=1S/C25H21N3O3S/c1-2-6-18-10-9-17(16-26)24(27-18)32-22-15-23(29)28(25(22)30)19-11-13-21(14-12-19)31-20-7-4-3-5-8-20/h3-5,7-14,22H,2,6,15H2,1H3. The first-order valence-corrected chi connectivity index (χ1v) is 11.2. The van der Waals surface area contributed by atoms with Crippen molar-refractivity contribution in [1.29, 1.82) is 5.26 Å². The Labute approximate surface area is 190 Å². The zero-order valence-electron chi connectivity index (χ0n) is 17.5. The molecular formula is C25H21N3O3S. The van der Waals surface area contributed by atoms with Gasteiger partial charge in [0, 0.05) is 12.1 Å². The van der Waals surface area contributed by atoms with E-state index in [9.17, 15) is 14.9 Å². The molecule has 1 aromatic heterocycles. The van der Waals surface area contributed by atoms with E-state index < -0.39 is 5.25 Å². The van der Waals surface area contributed by atoms with Crippen molar-refractivity contribution < 1.29 is 14.3 Å². The van der Waals surface area contributed by atoms with E-state index in [1.807, 2.05) is 36.4 Å². The summed E-state index contributed by atoms with van der Waals surface area (Å²) >= 11 is 1.19. The van der Waals surface area contributed by atoms with Crippen LogP contribution in [0.2, 0.25) is 0 Å². The fourth-order valence-electron chi connectivity index (χ4n) is 3.44. The van der Waals surface area contributed by atoms with Crippen molar-refractivity contribution in [3.63, 3.8) is 0 Å². The van der Waals surface area contributed by atoms with E-state index in [-0.39, 0.29) is 18.2 Å². The Morgan fingerprint density at radius 3 is 2.47 bits per heavy atom. The molecule has 0 spiro atoms. The van der Waals surface area contributed by atoms with Crippen LogP contribution in [0.25, 0.3) is 0 Å². The van der Waals surface area contributed by atoms with Crippen LogP contribution in [-0.4, -0.2) is 22.0 Å². The summed E-state index contributed by atoms with van der Waals surface area (Å²) < 4.78 is 5.77. The highest BCUT2D eigenvalue weighted by molar-refractivity contribution is 8.00. The van der Waals surface area contributed by atoms with E-state index in [4.69, 9.17) is 4.74 Å². The zero-order valence-corrected chi connectivity index (χ0v) is 18.3. The van der Waals surface area contributed by atoms with Gasteiger partial charge in [0.15, 0.2) is 0 Å². The second kappa shape index (κ2) is 9.67. The number of carbonyl (C=O) groups is 2. The molecule has 2 heterocycles. The Bertz CT molecular complexity index is 1170. The first-order chi connectivity index (χ1) is 15.6. The predicted molar refractivity (Wildman–Crippen MR) is 123 cm³/mol. The van der Waals surface area contributed by atoms with Crippen LogP contribution in [0.15, 0.2) is 71.8 Å². The van der Waals surface area contributed by atoms with Gasteiger partial charge in [0.1, 0.15) is 22.6 Å².